The van der Waals surface area contributed by atoms with E-state index in [2.05, 4.69) is 20.3 Å². The number of alkyl halides is 4. The van der Waals surface area contributed by atoms with Gasteiger partial charge in [-0.15, -0.1) is 0 Å². The lowest BCUT2D eigenvalue weighted by atomic mass is 9.91. The van der Waals surface area contributed by atoms with Gasteiger partial charge in [-0.25, -0.2) is 32.5 Å². The molecular formula is C19H21F4N4O3-. The van der Waals surface area contributed by atoms with E-state index < -0.39 is 36.0 Å². The first-order valence-corrected chi connectivity index (χ1v) is 9.03. The summed E-state index contributed by atoms with van der Waals surface area (Å²) in [5, 5.41) is 13.2. The first-order chi connectivity index (χ1) is 14.0. The standard InChI is InChI=1S/C19H22F4N4O3/c1-10(2)8-19(3,27-18(28)29)9-30-13-5-4-11(25-14(13)15(20)21)12-6-7-24-17(26-12)16(22)23/h4-7,10,15-16,27H,8-9H2,1-3H3,(H,28,29)/p-1. The van der Waals surface area contributed by atoms with Gasteiger partial charge in [0, 0.05) is 6.20 Å². The van der Waals surface area contributed by atoms with Crippen LogP contribution in [0.15, 0.2) is 24.4 Å². The Kier molecular flexibility index (Phi) is 7.52. The molecule has 30 heavy (non-hydrogen) atoms. The third kappa shape index (κ3) is 6.26. The Morgan fingerprint density at radius 3 is 2.37 bits per heavy atom. The Morgan fingerprint density at radius 2 is 1.80 bits per heavy atom. The second-order valence-electron chi connectivity index (χ2n) is 7.34. The van der Waals surface area contributed by atoms with Crippen molar-refractivity contribution in [2.75, 3.05) is 6.61 Å². The molecule has 2 aromatic rings. The lowest BCUT2D eigenvalue weighted by molar-refractivity contribution is -0.253. The zero-order valence-corrected chi connectivity index (χ0v) is 16.5. The highest BCUT2D eigenvalue weighted by atomic mass is 19.3. The van der Waals surface area contributed by atoms with Crippen molar-refractivity contribution in [1.82, 2.24) is 20.3 Å². The van der Waals surface area contributed by atoms with Crippen molar-refractivity contribution in [2.45, 2.75) is 45.6 Å². The van der Waals surface area contributed by atoms with Crippen LogP contribution >= 0.6 is 0 Å². The summed E-state index contributed by atoms with van der Waals surface area (Å²) < 4.78 is 58.2. The first-order valence-electron chi connectivity index (χ1n) is 9.03. The largest absolute Gasteiger partial charge is 0.530 e. The highest BCUT2D eigenvalue weighted by Crippen LogP contribution is 2.31. The molecule has 0 radical (unpaired) electrons. The molecule has 2 rings (SSSR count). The second kappa shape index (κ2) is 9.68. The minimum absolute atomic E-state index is 0.0444. The van der Waals surface area contributed by atoms with Gasteiger partial charge in [0.15, 0.2) is 5.82 Å². The van der Waals surface area contributed by atoms with Crippen LogP contribution in [-0.2, 0) is 0 Å². The molecule has 2 heterocycles. The van der Waals surface area contributed by atoms with Gasteiger partial charge in [0.05, 0.1) is 16.9 Å². The third-order valence-electron chi connectivity index (χ3n) is 4.03. The van der Waals surface area contributed by atoms with Crippen molar-refractivity contribution in [3.63, 3.8) is 0 Å². The van der Waals surface area contributed by atoms with Crippen LogP contribution in [-0.4, -0.2) is 33.2 Å². The van der Waals surface area contributed by atoms with Crippen molar-refractivity contribution >= 4 is 6.09 Å². The first kappa shape index (κ1) is 23.3. The molecule has 1 atom stereocenters. The fourth-order valence-electron chi connectivity index (χ4n) is 3.04. The smallest absolute Gasteiger partial charge is 0.297 e. The van der Waals surface area contributed by atoms with Gasteiger partial charge >= 0.3 is 0 Å². The predicted molar refractivity (Wildman–Crippen MR) is 97.1 cm³/mol. The molecule has 2 aromatic heterocycles. The van der Waals surface area contributed by atoms with E-state index in [-0.39, 0.29) is 29.7 Å². The van der Waals surface area contributed by atoms with E-state index in [0.29, 0.717) is 6.42 Å². The van der Waals surface area contributed by atoms with Gasteiger partial charge in [0.2, 0.25) is 0 Å². The highest BCUT2D eigenvalue weighted by molar-refractivity contribution is 5.63. The fraction of sp³-hybridized carbons (Fsp3) is 0.474. The maximum absolute atomic E-state index is 13.6. The minimum atomic E-state index is -3.03. The summed E-state index contributed by atoms with van der Waals surface area (Å²) in [5.74, 6) is -0.916. The van der Waals surface area contributed by atoms with E-state index in [0.717, 1.165) is 6.20 Å². The van der Waals surface area contributed by atoms with Crippen molar-refractivity contribution < 1.29 is 32.2 Å². The molecule has 11 heteroatoms. The van der Waals surface area contributed by atoms with Gasteiger partial charge in [0.25, 0.3) is 12.9 Å². The summed E-state index contributed by atoms with van der Waals surface area (Å²) in [7, 11) is 0. The monoisotopic (exact) mass is 429 g/mol. The SMILES string of the molecule is CC(C)CC(C)(COc1ccc(-c2ccnc(C(F)F)n2)nc1C(F)F)NC(=O)[O-]. The van der Waals surface area contributed by atoms with E-state index in [1.54, 1.807) is 6.92 Å². The van der Waals surface area contributed by atoms with Gasteiger partial charge in [-0.05, 0) is 37.5 Å². The Balaban J connectivity index is 2.31. The lowest BCUT2D eigenvalue weighted by Gasteiger charge is -2.33. The zero-order valence-electron chi connectivity index (χ0n) is 16.5. The number of carbonyl (C=O) groups excluding carboxylic acids is 1. The fourth-order valence-corrected chi connectivity index (χ4v) is 3.04. The van der Waals surface area contributed by atoms with Gasteiger partial charge < -0.3 is 20.0 Å². The topological polar surface area (TPSA) is 100 Å². The van der Waals surface area contributed by atoms with Gasteiger partial charge in [-0.2, -0.15) is 0 Å². The van der Waals surface area contributed by atoms with Crippen LogP contribution in [0, 0.1) is 5.92 Å². The molecule has 7 nitrogen and oxygen atoms in total. The molecule has 0 aliphatic carbocycles. The molecule has 0 aliphatic heterocycles. The number of pyridine rings is 1. The number of hydrogen-bond acceptors (Lipinski definition) is 6. The van der Waals surface area contributed by atoms with Crippen LogP contribution in [0.1, 0.15) is 51.6 Å². The summed E-state index contributed by atoms with van der Waals surface area (Å²) in [6.07, 6.45) is -6.00. The average Bonchev–Trinajstić information content (AvgIpc) is 2.65. The van der Waals surface area contributed by atoms with E-state index in [1.807, 2.05) is 13.8 Å². The molecule has 1 amide bonds. The zero-order chi connectivity index (χ0) is 22.5. The van der Waals surface area contributed by atoms with Crippen LogP contribution in [0.3, 0.4) is 0 Å². The molecule has 0 fully saturated rings. The molecule has 164 valence electrons. The third-order valence-corrected chi connectivity index (χ3v) is 4.03. The molecule has 0 bridgehead atoms. The van der Waals surface area contributed by atoms with E-state index in [9.17, 15) is 27.5 Å². The maximum Gasteiger partial charge on any atom is 0.297 e. The number of amides is 1. The average molecular weight is 429 g/mol. The number of hydrogen-bond donors (Lipinski definition) is 1. The number of rotatable bonds is 9. The number of carbonyl (C=O) groups is 1. The molecule has 0 spiro atoms. The Morgan fingerprint density at radius 1 is 1.13 bits per heavy atom. The van der Waals surface area contributed by atoms with Crippen LogP contribution in [0.2, 0.25) is 0 Å². The molecule has 0 saturated carbocycles. The summed E-state index contributed by atoms with van der Waals surface area (Å²) >= 11 is 0. The van der Waals surface area contributed by atoms with Crippen LogP contribution in [0.4, 0.5) is 22.4 Å². The summed E-state index contributed by atoms with van der Waals surface area (Å²) in [4.78, 5) is 21.8. The molecule has 1 unspecified atom stereocenters. The summed E-state index contributed by atoms with van der Waals surface area (Å²) in [6.45, 7) is 5.05. The molecule has 0 aromatic carbocycles. The van der Waals surface area contributed by atoms with Crippen molar-refractivity contribution in [3.8, 4) is 17.1 Å². The van der Waals surface area contributed by atoms with Gasteiger partial charge in [0.1, 0.15) is 24.1 Å². The van der Waals surface area contributed by atoms with Crippen LogP contribution in [0.5, 0.6) is 5.75 Å². The number of halogens is 4. The Bertz CT molecular complexity index is 883. The van der Waals surface area contributed by atoms with Gasteiger partial charge in [-0.3, -0.25) is 0 Å². The second-order valence-corrected chi connectivity index (χ2v) is 7.34. The van der Waals surface area contributed by atoms with E-state index in [1.165, 1.54) is 18.2 Å². The van der Waals surface area contributed by atoms with Crippen LogP contribution < -0.4 is 15.2 Å². The molecule has 1 N–H and O–H groups in total. The van der Waals surface area contributed by atoms with E-state index in [4.69, 9.17) is 4.74 Å². The highest BCUT2D eigenvalue weighted by Gasteiger charge is 2.28. The van der Waals surface area contributed by atoms with Crippen molar-refractivity contribution in [3.05, 3.63) is 35.9 Å². The Hall–Kier alpha value is -2.98. The molecule has 0 aliphatic rings. The van der Waals surface area contributed by atoms with Crippen LogP contribution in [0.25, 0.3) is 11.4 Å². The summed E-state index contributed by atoms with van der Waals surface area (Å²) in [6, 6.07) is 3.78. The number of nitrogens with zero attached hydrogens (tertiary/aromatic N) is 3. The normalized spacial score (nSPS) is 13.5. The predicted octanol–water partition coefficient (Wildman–Crippen LogP) is 3.53. The number of carboxylic acid groups (broad SMARTS) is 1. The van der Waals surface area contributed by atoms with Gasteiger partial charge in [-0.1, -0.05) is 13.8 Å². The number of nitrogens with one attached hydrogen (secondary N) is 1. The Labute approximate surface area is 170 Å². The number of aromatic nitrogens is 3. The number of ether oxygens (including phenoxy) is 1. The lowest BCUT2D eigenvalue weighted by Crippen LogP contribution is -2.55. The van der Waals surface area contributed by atoms with Crippen molar-refractivity contribution in [2.24, 2.45) is 5.92 Å². The molecule has 0 saturated heterocycles. The van der Waals surface area contributed by atoms with E-state index >= 15 is 0 Å². The minimum Gasteiger partial charge on any atom is -0.530 e. The maximum atomic E-state index is 13.6. The van der Waals surface area contributed by atoms with Crippen molar-refractivity contribution in [1.29, 1.82) is 0 Å². The summed E-state index contributed by atoms with van der Waals surface area (Å²) in [5.41, 5.74) is -1.90. The molecular weight excluding hydrogens is 408 g/mol. The quantitative estimate of drug-likeness (QED) is 0.612.